The molecule has 11 heteroatoms. The number of rotatable bonds is 16. The predicted octanol–water partition coefficient (Wildman–Crippen LogP) is 4.91. The fourth-order valence-corrected chi connectivity index (χ4v) is 5.50. The van der Waals surface area contributed by atoms with Gasteiger partial charge in [0, 0.05) is 11.8 Å². The molecule has 10 nitrogen and oxygen atoms in total. The molecule has 1 saturated heterocycles. The van der Waals surface area contributed by atoms with E-state index in [0.29, 0.717) is 18.7 Å². The maximum absolute atomic E-state index is 14.2. The zero-order valence-electron chi connectivity index (χ0n) is 24.9. The molecule has 0 spiro atoms. The molecule has 40 heavy (non-hydrogen) atoms. The van der Waals surface area contributed by atoms with Crippen LogP contribution in [0.15, 0.2) is 16.7 Å². The van der Waals surface area contributed by atoms with Crippen molar-refractivity contribution in [3.63, 3.8) is 0 Å². The molecule has 0 unspecified atom stereocenters. The zero-order chi connectivity index (χ0) is 29.8. The van der Waals surface area contributed by atoms with Crippen LogP contribution in [0.5, 0.6) is 0 Å². The average Bonchev–Trinajstić information content (AvgIpc) is 3.43. The number of hydrogen-bond donors (Lipinski definition) is 3. The van der Waals surface area contributed by atoms with Gasteiger partial charge in [-0.1, -0.05) is 58.4 Å². The molecule has 0 aliphatic carbocycles. The molecule has 4 atom stereocenters. The molecule has 2 rings (SSSR count). The van der Waals surface area contributed by atoms with Gasteiger partial charge in [-0.2, -0.15) is 5.06 Å². The monoisotopic (exact) mass is 580 g/mol. The summed E-state index contributed by atoms with van der Waals surface area (Å²) in [6.45, 7) is 10.9. The quantitative estimate of drug-likeness (QED) is 0.186. The van der Waals surface area contributed by atoms with E-state index in [0.717, 1.165) is 68.4 Å². The van der Waals surface area contributed by atoms with Gasteiger partial charge in [-0.25, -0.2) is 9.78 Å². The molecule has 0 radical (unpaired) electrons. The Bertz CT molecular complexity index is 1010. The number of aliphatic hydroxyl groups excluding tert-OH is 1. The molecular weight excluding hydrogens is 532 g/mol. The van der Waals surface area contributed by atoms with E-state index in [2.05, 4.69) is 17.2 Å². The number of hydrogen-bond acceptors (Lipinski definition) is 8. The highest BCUT2D eigenvalue weighted by Crippen LogP contribution is 2.29. The van der Waals surface area contributed by atoms with Gasteiger partial charge in [0.15, 0.2) is 5.69 Å². The molecule has 1 aromatic rings. The number of aromatic nitrogens is 1. The number of aromatic carboxylic acids is 1. The zero-order valence-corrected chi connectivity index (χ0v) is 25.8. The van der Waals surface area contributed by atoms with Crippen LogP contribution in [-0.4, -0.2) is 75.2 Å². The summed E-state index contributed by atoms with van der Waals surface area (Å²) in [4.78, 5) is 51.0. The molecule has 1 aromatic heterocycles. The molecule has 226 valence electrons. The number of amides is 2. The fraction of sp³-hybridized carbons (Fsp3) is 0.724. The maximum Gasteiger partial charge on any atom is 0.355 e. The summed E-state index contributed by atoms with van der Waals surface area (Å²) < 4.78 is 0. The van der Waals surface area contributed by atoms with Gasteiger partial charge in [0.2, 0.25) is 5.91 Å². The van der Waals surface area contributed by atoms with Gasteiger partial charge in [0.1, 0.15) is 17.2 Å². The van der Waals surface area contributed by atoms with Crippen LogP contribution >= 0.6 is 11.3 Å². The number of carboxylic acid groups (broad SMARTS) is 1. The van der Waals surface area contributed by atoms with Crippen LogP contribution < -0.4 is 5.32 Å². The smallest absolute Gasteiger partial charge is 0.355 e. The lowest BCUT2D eigenvalue weighted by molar-refractivity contribution is -0.181. The summed E-state index contributed by atoms with van der Waals surface area (Å²) in [5.41, 5.74) is 1.10. The summed E-state index contributed by atoms with van der Waals surface area (Å²) >= 11 is 1.06. The van der Waals surface area contributed by atoms with E-state index in [1.54, 1.807) is 0 Å². The predicted molar refractivity (Wildman–Crippen MR) is 156 cm³/mol. The number of unbranched alkanes of at least 4 members (excludes halogenated alkanes) is 3. The first-order valence-electron chi connectivity index (χ1n) is 14.5. The first-order chi connectivity index (χ1) is 19.0. The molecule has 3 N–H and O–H groups in total. The van der Waals surface area contributed by atoms with Gasteiger partial charge in [-0.05, 0) is 52.6 Å². The SMILES string of the molecule is CCCCCCON(C(=O)[C@@H](NC(=O)[C@H]1CCCCN1C)[C@@H](C)CC)C(C[C@@H](O)c1nc(C(=O)O)cs1)=C(C)C. The number of carbonyl (C=O) groups is 3. The van der Waals surface area contributed by atoms with Crippen molar-refractivity contribution < 1.29 is 29.4 Å². The van der Waals surface area contributed by atoms with Crippen molar-refractivity contribution in [2.45, 2.75) is 111 Å². The lowest BCUT2D eigenvalue weighted by Crippen LogP contribution is -2.56. The largest absolute Gasteiger partial charge is 0.476 e. The lowest BCUT2D eigenvalue weighted by Gasteiger charge is -2.35. The minimum atomic E-state index is -1.17. The Labute approximate surface area is 242 Å². The van der Waals surface area contributed by atoms with E-state index in [1.807, 2.05) is 39.6 Å². The van der Waals surface area contributed by atoms with E-state index in [9.17, 15) is 24.6 Å². The molecule has 1 aliphatic heterocycles. The molecule has 0 saturated carbocycles. The van der Waals surface area contributed by atoms with Crippen LogP contribution in [0.4, 0.5) is 0 Å². The summed E-state index contributed by atoms with van der Waals surface area (Å²) in [5, 5.41) is 26.2. The number of likely N-dealkylation sites (N-methyl/N-ethyl adjacent to an activating group) is 1. The van der Waals surface area contributed by atoms with Crippen LogP contribution in [0.3, 0.4) is 0 Å². The highest BCUT2D eigenvalue weighted by atomic mass is 32.1. The number of nitrogens with zero attached hydrogens (tertiary/aromatic N) is 3. The Hall–Kier alpha value is -2.34. The van der Waals surface area contributed by atoms with Crippen molar-refractivity contribution in [2.24, 2.45) is 5.92 Å². The lowest BCUT2D eigenvalue weighted by atomic mass is 9.96. The second-order valence-corrected chi connectivity index (χ2v) is 11.8. The number of likely N-dealkylation sites (tertiary alicyclic amines) is 1. The molecule has 2 amide bonds. The van der Waals surface area contributed by atoms with Crippen LogP contribution in [0, 0.1) is 5.92 Å². The summed E-state index contributed by atoms with van der Waals surface area (Å²) in [5.74, 6) is -1.87. The van der Waals surface area contributed by atoms with Crippen LogP contribution in [0.2, 0.25) is 0 Å². The highest BCUT2D eigenvalue weighted by molar-refractivity contribution is 7.09. The standard InChI is InChI=1S/C29H48N4O6S/c1-7-9-10-13-16-39-33(23(19(3)4)17-24(34)27-30-21(18-40-27)29(37)38)28(36)25(20(5)8-2)31-26(35)22-14-11-12-15-32(22)6/h18,20,22,24-25,34H,7-17H2,1-6H3,(H,31,35)(H,37,38)/t20-,22+,24+,25-/m0/s1. The van der Waals surface area contributed by atoms with Gasteiger partial charge in [0.25, 0.3) is 5.91 Å². The molecule has 0 bridgehead atoms. The fourth-order valence-electron chi connectivity index (χ4n) is 4.72. The van der Waals surface area contributed by atoms with Gasteiger partial charge < -0.3 is 15.5 Å². The summed E-state index contributed by atoms with van der Waals surface area (Å²) in [6.07, 6.45) is 6.16. The third-order valence-electron chi connectivity index (χ3n) is 7.50. The number of hydroxylamine groups is 2. The number of carbonyl (C=O) groups excluding carboxylic acids is 2. The number of aliphatic hydroxyl groups is 1. The number of nitrogens with one attached hydrogen (secondary N) is 1. The van der Waals surface area contributed by atoms with E-state index in [-0.39, 0.29) is 40.9 Å². The third kappa shape index (κ3) is 9.64. The van der Waals surface area contributed by atoms with Gasteiger partial charge in [0.05, 0.1) is 18.3 Å². The Balaban J connectivity index is 2.35. The van der Waals surface area contributed by atoms with Gasteiger partial charge in [-0.15, -0.1) is 11.3 Å². The second-order valence-electron chi connectivity index (χ2n) is 10.9. The Kier molecular flexibility index (Phi) is 14.2. The first kappa shape index (κ1) is 33.9. The van der Waals surface area contributed by atoms with Crippen molar-refractivity contribution in [2.75, 3.05) is 20.2 Å². The van der Waals surface area contributed by atoms with Crippen molar-refractivity contribution in [3.05, 3.63) is 27.4 Å². The van der Waals surface area contributed by atoms with Crippen molar-refractivity contribution in [1.29, 1.82) is 0 Å². The number of piperidine rings is 1. The Morgan fingerprint density at radius 1 is 1.23 bits per heavy atom. The third-order valence-corrected chi connectivity index (χ3v) is 8.45. The number of allylic oxidation sites excluding steroid dienone is 1. The minimum Gasteiger partial charge on any atom is -0.476 e. The van der Waals surface area contributed by atoms with Gasteiger partial charge in [-0.3, -0.25) is 19.3 Å². The number of carboxylic acids is 1. The highest BCUT2D eigenvalue weighted by Gasteiger charge is 2.36. The van der Waals surface area contributed by atoms with E-state index in [1.165, 1.54) is 10.4 Å². The van der Waals surface area contributed by atoms with Gasteiger partial charge >= 0.3 is 5.97 Å². The Morgan fingerprint density at radius 3 is 2.52 bits per heavy atom. The normalized spacial score (nSPS) is 18.0. The van der Waals surface area contributed by atoms with E-state index in [4.69, 9.17) is 4.84 Å². The number of thiazole rings is 1. The molecule has 1 aliphatic rings. The minimum absolute atomic E-state index is 0.00212. The van der Waals surface area contributed by atoms with Crippen molar-refractivity contribution in [1.82, 2.24) is 20.3 Å². The average molecular weight is 581 g/mol. The molecule has 1 fully saturated rings. The summed E-state index contributed by atoms with van der Waals surface area (Å²) in [7, 11) is 1.94. The van der Waals surface area contributed by atoms with Crippen molar-refractivity contribution >= 4 is 29.1 Å². The van der Waals surface area contributed by atoms with E-state index < -0.39 is 18.1 Å². The van der Waals surface area contributed by atoms with E-state index >= 15 is 0 Å². The molecular formula is C29H48N4O6S. The molecule has 0 aromatic carbocycles. The maximum atomic E-state index is 14.2. The molecule has 2 heterocycles. The van der Waals surface area contributed by atoms with Crippen molar-refractivity contribution in [3.8, 4) is 0 Å². The first-order valence-corrected chi connectivity index (χ1v) is 15.4. The van der Waals surface area contributed by atoms with Crippen LogP contribution in [-0.2, 0) is 14.4 Å². The Morgan fingerprint density at radius 2 is 1.95 bits per heavy atom. The van der Waals surface area contributed by atoms with Crippen LogP contribution in [0.25, 0.3) is 0 Å². The summed E-state index contributed by atoms with van der Waals surface area (Å²) in [6, 6.07) is -1.09. The van der Waals surface area contributed by atoms with Crippen LogP contribution in [0.1, 0.15) is 114 Å². The second kappa shape index (κ2) is 16.8. The topological polar surface area (TPSA) is 132 Å².